The number of hydrogen-bond donors (Lipinski definition) is 2. The van der Waals surface area contributed by atoms with Gasteiger partial charge < -0.3 is 20.7 Å². The maximum atomic E-state index is 14.4. The van der Waals surface area contributed by atoms with Gasteiger partial charge in [-0.15, -0.1) is 10.2 Å². The summed E-state index contributed by atoms with van der Waals surface area (Å²) in [4.78, 5) is 12.9. The molecule has 2 aromatic rings. The number of halogens is 1. The molecule has 128 valence electrons. The molecule has 1 aromatic heterocycles. The molecule has 1 amide bonds. The van der Waals surface area contributed by atoms with Crippen molar-refractivity contribution in [3.63, 3.8) is 0 Å². The first-order chi connectivity index (χ1) is 11.6. The number of benzene rings is 1. The average molecular weight is 351 g/mol. The van der Waals surface area contributed by atoms with Crippen LogP contribution in [0.2, 0.25) is 0 Å². The molecule has 0 spiro atoms. The fourth-order valence-electron chi connectivity index (χ4n) is 2.43. The Morgan fingerprint density at radius 2 is 2.38 bits per heavy atom. The van der Waals surface area contributed by atoms with Crippen molar-refractivity contribution in [3.8, 4) is 10.6 Å². The van der Waals surface area contributed by atoms with Gasteiger partial charge in [0.1, 0.15) is 17.6 Å². The van der Waals surface area contributed by atoms with Gasteiger partial charge in [0, 0.05) is 37.8 Å². The van der Waals surface area contributed by atoms with Gasteiger partial charge in [-0.3, -0.25) is 4.79 Å². The van der Waals surface area contributed by atoms with Crippen LogP contribution in [-0.4, -0.2) is 42.0 Å². The van der Waals surface area contributed by atoms with Gasteiger partial charge in [0.15, 0.2) is 5.01 Å². The van der Waals surface area contributed by atoms with Crippen LogP contribution in [0.3, 0.4) is 0 Å². The topological polar surface area (TPSA) is 93.4 Å². The number of carbonyl (C=O) groups is 1. The molecular formula is C15H18FN5O2S. The first kappa shape index (κ1) is 16.7. The molecule has 0 radical (unpaired) electrons. The van der Waals surface area contributed by atoms with E-state index in [-0.39, 0.29) is 24.4 Å². The molecule has 0 saturated carbocycles. The fourth-order valence-corrected chi connectivity index (χ4v) is 3.17. The zero-order valence-corrected chi connectivity index (χ0v) is 14.0. The molecule has 1 aliphatic heterocycles. The van der Waals surface area contributed by atoms with Crippen LogP contribution < -0.4 is 16.0 Å². The van der Waals surface area contributed by atoms with Gasteiger partial charge in [0.2, 0.25) is 5.91 Å². The van der Waals surface area contributed by atoms with E-state index < -0.39 is 0 Å². The maximum Gasteiger partial charge on any atom is 0.216 e. The van der Waals surface area contributed by atoms with E-state index in [4.69, 9.17) is 10.5 Å². The SMILES string of the molecule is CC(=O)NCC1CN(c2ccc(-c3nnc(CN)s3)c(F)c2)CO1. The van der Waals surface area contributed by atoms with Crippen molar-refractivity contribution >= 4 is 22.9 Å². The normalized spacial score (nSPS) is 17.3. The molecule has 24 heavy (non-hydrogen) atoms. The second-order valence-corrected chi connectivity index (χ2v) is 6.51. The summed E-state index contributed by atoms with van der Waals surface area (Å²) in [5.41, 5.74) is 6.64. The van der Waals surface area contributed by atoms with E-state index in [1.54, 1.807) is 6.07 Å². The monoisotopic (exact) mass is 351 g/mol. The highest BCUT2D eigenvalue weighted by atomic mass is 32.1. The molecule has 3 rings (SSSR count). The molecule has 9 heteroatoms. The van der Waals surface area contributed by atoms with E-state index in [9.17, 15) is 9.18 Å². The van der Waals surface area contributed by atoms with E-state index >= 15 is 0 Å². The fraction of sp³-hybridized carbons (Fsp3) is 0.400. The first-order valence-electron chi connectivity index (χ1n) is 7.50. The summed E-state index contributed by atoms with van der Waals surface area (Å²) >= 11 is 1.28. The van der Waals surface area contributed by atoms with E-state index in [1.165, 1.54) is 24.3 Å². The molecule has 1 aliphatic rings. The molecule has 1 saturated heterocycles. The van der Waals surface area contributed by atoms with Crippen LogP contribution in [0.4, 0.5) is 10.1 Å². The molecule has 7 nitrogen and oxygen atoms in total. The summed E-state index contributed by atoms with van der Waals surface area (Å²) in [6.07, 6.45) is -0.105. The van der Waals surface area contributed by atoms with Gasteiger partial charge in [-0.2, -0.15) is 0 Å². The van der Waals surface area contributed by atoms with Crippen molar-refractivity contribution in [2.24, 2.45) is 5.73 Å². The summed E-state index contributed by atoms with van der Waals surface area (Å²) in [7, 11) is 0. The van der Waals surface area contributed by atoms with Crippen molar-refractivity contribution in [2.75, 3.05) is 24.7 Å². The number of nitrogens with one attached hydrogen (secondary N) is 1. The Morgan fingerprint density at radius 1 is 1.54 bits per heavy atom. The van der Waals surface area contributed by atoms with Gasteiger partial charge in [-0.05, 0) is 18.2 Å². The van der Waals surface area contributed by atoms with Crippen LogP contribution in [0.5, 0.6) is 0 Å². The van der Waals surface area contributed by atoms with E-state index in [2.05, 4.69) is 15.5 Å². The summed E-state index contributed by atoms with van der Waals surface area (Å²) in [5, 5.41) is 11.8. The largest absolute Gasteiger partial charge is 0.354 e. The Morgan fingerprint density at radius 3 is 3.04 bits per heavy atom. The smallest absolute Gasteiger partial charge is 0.216 e. The minimum atomic E-state index is -0.363. The summed E-state index contributed by atoms with van der Waals surface area (Å²) in [6, 6.07) is 4.97. The number of nitrogens with zero attached hydrogens (tertiary/aromatic N) is 3. The highest BCUT2D eigenvalue weighted by molar-refractivity contribution is 7.14. The Labute approximate surface area is 142 Å². The Hall–Kier alpha value is -2.10. The lowest BCUT2D eigenvalue weighted by molar-refractivity contribution is -0.119. The van der Waals surface area contributed by atoms with Crippen molar-refractivity contribution in [1.29, 1.82) is 0 Å². The van der Waals surface area contributed by atoms with Crippen LogP contribution in [-0.2, 0) is 16.1 Å². The molecule has 1 aromatic carbocycles. The predicted molar refractivity (Wildman–Crippen MR) is 89.0 cm³/mol. The molecule has 0 aliphatic carbocycles. The zero-order valence-electron chi connectivity index (χ0n) is 13.2. The van der Waals surface area contributed by atoms with Crippen LogP contribution in [0, 0.1) is 5.82 Å². The van der Waals surface area contributed by atoms with Crippen LogP contribution >= 0.6 is 11.3 Å². The van der Waals surface area contributed by atoms with E-state index in [0.29, 0.717) is 35.4 Å². The van der Waals surface area contributed by atoms with Crippen LogP contribution in [0.1, 0.15) is 11.9 Å². The molecule has 0 bridgehead atoms. The number of nitrogens with two attached hydrogens (primary N) is 1. The number of aromatic nitrogens is 2. The van der Waals surface area contributed by atoms with Gasteiger partial charge in [0.25, 0.3) is 0 Å². The quantitative estimate of drug-likeness (QED) is 0.838. The third kappa shape index (κ3) is 3.69. The van der Waals surface area contributed by atoms with E-state index in [0.717, 1.165) is 5.69 Å². The van der Waals surface area contributed by atoms with Gasteiger partial charge in [-0.1, -0.05) is 11.3 Å². The molecule has 1 atom stereocenters. The predicted octanol–water partition coefficient (Wildman–Crippen LogP) is 1.10. The number of hydrogen-bond acceptors (Lipinski definition) is 7. The molecule has 2 heterocycles. The molecule has 3 N–H and O–H groups in total. The summed E-state index contributed by atoms with van der Waals surface area (Å²) in [6.45, 7) is 3.15. The maximum absolute atomic E-state index is 14.4. The van der Waals surface area contributed by atoms with Crippen LogP contribution in [0.15, 0.2) is 18.2 Å². The van der Waals surface area contributed by atoms with Crippen molar-refractivity contribution in [3.05, 3.63) is 29.0 Å². The number of carbonyl (C=O) groups excluding carboxylic acids is 1. The number of ether oxygens (including phenoxy) is 1. The second-order valence-electron chi connectivity index (χ2n) is 5.45. The van der Waals surface area contributed by atoms with Crippen molar-refractivity contribution < 1.29 is 13.9 Å². The van der Waals surface area contributed by atoms with Gasteiger partial charge in [-0.25, -0.2) is 4.39 Å². The summed E-state index contributed by atoms with van der Waals surface area (Å²) < 4.78 is 20.0. The van der Waals surface area contributed by atoms with Gasteiger partial charge >= 0.3 is 0 Å². The lowest BCUT2D eigenvalue weighted by atomic mass is 10.2. The number of anilines is 1. The molecular weight excluding hydrogens is 333 g/mol. The van der Waals surface area contributed by atoms with Crippen LogP contribution in [0.25, 0.3) is 10.6 Å². The Kier molecular flexibility index (Phi) is 5.03. The lowest BCUT2D eigenvalue weighted by Crippen LogP contribution is -2.33. The van der Waals surface area contributed by atoms with Crippen molar-refractivity contribution in [1.82, 2.24) is 15.5 Å². The van der Waals surface area contributed by atoms with Gasteiger partial charge in [0.05, 0.1) is 6.10 Å². The highest BCUT2D eigenvalue weighted by Crippen LogP contribution is 2.30. The zero-order chi connectivity index (χ0) is 17.1. The number of rotatable bonds is 5. The third-order valence-electron chi connectivity index (χ3n) is 3.66. The second kappa shape index (κ2) is 7.20. The minimum absolute atomic E-state index is 0.0960. The van der Waals surface area contributed by atoms with Crippen molar-refractivity contribution in [2.45, 2.75) is 19.6 Å². The third-order valence-corrected chi connectivity index (χ3v) is 4.64. The average Bonchev–Trinajstić information content (AvgIpc) is 3.22. The minimum Gasteiger partial charge on any atom is -0.354 e. The Bertz CT molecular complexity index is 738. The standard InChI is InChI=1S/C15H18FN5O2S/c1-9(22)18-6-11-7-21(8-23-11)10-2-3-12(13(16)4-10)15-20-19-14(5-17)24-15/h2-4,11H,5-8,17H2,1H3,(H,18,22). The Balaban J connectivity index is 1.70. The first-order valence-corrected chi connectivity index (χ1v) is 8.32. The summed E-state index contributed by atoms with van der Waals surface area (Å²) in [5.74, 6) is -0.459. The lowest BCUT2D eigenvalue weighted by Gasteiger charge is -2.17. The van der Waals surface area contributed by atoms with E-state index in [1.807, 2.05) is 11.0 Å². The highest BCUT2D eigenvalue weighted by Gasteiger charge is 2.24. The molecule has 1 unspecified atom stereocenters. The molecule has 1 fully saturated rings. The number of amides is 1.